The molecule has 0 unspecified atom stereocenters. The largest absolute Gasteiger partial charge is 0.476 e. The smallest absolute Gasteiger partial charge is 0.433 e. The van der Waals surface area contributed by atoms with Crippen LogP contribution in [-0.4, -0.2) is 16.1 Å². The Morgan fingerprint density at radius 3 is 2.25 bits per heavy atom. The first kappa shape index (κ1) is 12.3. The number of aromatic nitrogens is 1. The van der Waals surface area contributed by atoms with Gasteiger partial charge in [0.25, 0.3) is 6.43 Å². The average Bonchev–Trinajstić information content (AvgIpc) is 2.15. The van der Waals surface area contributed by atoms with E-state index in [2.05, 4.69) is 4.98 Å². The molecule has 8 heteroatoms. The lowest BCUT2D eigenvalue weighted by Gasteiger charge is -2.09. The highest BCUT2D eigenvalue weighted by atomic mass is 19.4. The summed E-state index contributed by atoms with van der Waals surface area (Å²) in [6.07, 6.45) is -8.06. The molecular formula is C8H4F5NO2. The zero-order chi connectivity index (χ0) is 12.5. The van der Waals surface area contributed by atoms with Gasteiger partial charge in [-0.3, -0.25) is 0 Å². The Balaban J connectivity index is 3.34. The van der Waals surface area contributed by atoms with Gasteiger partial charge >= 0.3 is 12.1 Å². The number of halogens is 5. The minimum Gasteiger partial charge on any atom is -0.476 e. The molecule has 3 nitrogen and oxygen atoms in total. The van der Waals surface area contributed by atoms with Crippen molar-refractivity contribution in [1.29, 1.82) is 0 Å². The van der Waals surface area contributed by atoms with E-state index in [1.807, 2.05) is 0 Å². The van der Waals surface area contributed by atoms with Crippen LogP contribution in [0.25, 0.3) is 0 Å². The molecule has 0 aliphatic rings. The Morgan fingerprint density at radius 1 is 1.31 bits per heavy atom. The summed E-state index contributed by atoms with van der Waals surface area (Å²) >= 11 is 0. The molecule has 0 fully saturated rings. The molecule has 0 saturated carbocycles. The summed E-state index contributed by atoms with van der Waals surface area (Å²) in [5.41, 5.74) is -3.85. The third kappa shape index (κ3) is 2.44. The highest BCUT2D eigenvalue weighted by Crippen LogP contribution is 2.30. The van der Waals surface area contributed by atoms with E-state index in [4.69, 9.17) is 5.11 Å². The van der Waals surface area contributed by atoms with Gasteiger partial charge in [-0.05, 0) is 12.1 Å². The second kappa shape index (κ2) is 4.03. The van der Waals surface area contributed by atoms with Gasteiger partial charge in [0.15, 0.2) is 5.69 Å². The number of alkyl halides is 5. The van der Waals surface area contributed by atoms with Gasteiger partial charge < -0.3 is 5.11 Å². The monoisotopic (exact) mass is 241 g/mol. The summed E-state index contributed by atoms with van der Waals surface area (Å²) < 4.78 is 60.8. The van der Waals surface area contributed by atoms with E-state index >= 15 is 0 Å². The van der Waals surface area contributed by atoms with Crippen LogP contribution < -0.4 is 0 Å². The molecule has 0 aromatic carbocycles. The number of carbonyl (C=O) groups is 1. The van der Waals surface area contributed by atoms with E-state index < -0.39 is 35.5 Å². The fourth-order valence-corrected chi connectivity index (χ4v) is 0.975. The molecule has 0 aliphatic heterocycles. The van der Waals surface area contributed by atoms with Crippen molar-refractivity contribution >= 4 is 5.97 Å². The fraction of sp³-hybridized carbons (Fsp3) is 0.250. The summed E-state index contributed by atoms with van der Waals surface area (Å²) in [6, 6.07) is 0.720. The number of pyridine rings is 1. The minimum absolute atomic E-state index is 0.313. The molecule has 88 valence electrons. The molecular weight excluding hydrogens is 237 g/mol. The average molecular weight is 241 g/mol. The number of carboxylic acids is 1. The van der Waals surface area contributed by atoms with Crippen molar-refractivity contribution in [2.24, 2.45) is 0 Å². The SMILES string of the molecule is O=C(O)c1nc(C(F)(F)F)ccc1C(F)F. The molecule has 16 heavy (non-hydrogen) atoms. The lowest BCUT2D eigenvalue weighted by molar-refractivity contribution is -0.141. The van der Waals surface area contributed by atoms with Crippen LogP contribution in [0.2, 0.25) is 0 Å². The second-order valence-corrected chi connectivity index (χ2v) is 2.74. The molecule has 0 saturated heterocycles. The highest BCUT2D eigenvalue weighted by Gasteiger charge is 2.34. The normalized spacial score (nSPS) is 11.9. The van der Waals surface area contributed by atoms with Crippen molar-refractivity contribution in [3.63, 3.8) is 0 Å². The molecule has 1 aromatic rings. The number of nitrogens with zero attached hydrogens (tertiary/aromatic N) is 1. The molecule has 1 heterocycles. The predicted octanol–water partition coefficient (Wildman–Crippen LogP) is 2.74. The molecule has 1 N–H and O–H groups in total. The van der Waals surface area contributed by atoms with Gasteiger partial charge in [0, 0.05) is 0 Å². The van der Waals surface area contributed by atoms with Gasteiger partial charge in [0.2, 0.25) is 0 Å². The van der Waals surface area contributed by atoms with Gasteiger partial charge in [-0.1, -0.05) is 0 Å². The predicted molar refractivity (Wildman–Crippen MR) is 41.2 cm³/mol. The van der Waals surface area contributed by atoms with Gasteiger partial charge in [-0.25, -0.2) is 18.6 Å². The van der Waals surface area contributed by atoms with Crippen molar-refractivity contribution < 1.29 is 31.9 Å². The van der Waals surface area contributed by atoms with Crippen molar-refractivity contribution in [2.45, 2.75) is 12.6 Å². The van der Waals surface area contributed by atoms with Crippen LogP contribution in [0.3, 0.4) is 0 Å². The van der Waals surface area contributed by atoms with Crippen molar-refractivity contribution in [2.75, 3.05) is 0 Å². The summed E-state index contributed by atoms with van der Waals surface area (Å²) in [7, 11) is 0. The molecule has 1 aromatic heterocycles. The Bertz CT molecular complexity index is 415. The standard InChI is InChI=1S/C8H4F5NO2/c9-6(10)3-1-2-4(8(11,12)13)14-5(3)7(15)16/h1-2,6H,(H,15,16). The number of aromatic carboxylic acids is 1. The molecule has 0 spiro atoms. The maximum absolute atomic E-state index is 12.2. The maximum Gasteiger partial charge on any atom is 0.433 e. The molecule has 0 aliphatic carbocycles. The Kier molecular flexibility index (Phi) is 3.11. The fourth-order valence-electron chi connectivity index (χ4n) is 0.975. The summed E-state index contributed by atoms with van der Waals surface area (Å²) in [4.78, 5) is 13.1. The van der Waals surface area contributed by atoms with Crippen LogP contribution in [0.4, 0.5) is 22.0 Å². The van der Waals surface area contributed by atoms with Crippen molar-refractivity contribution in [3.8, 4) is 0 Å². The van der Waals surface area contributed by atoms with Crippen LogP contribution in [-0.2, 0) is 6.18 Å². The van der Waals surface area contributed by atoms with E-state index in [9.17, 15) is 26.7 Å². The van der Waals surface area contributed by atoms with E-state index in [1.54, 1.807) is 0 Å². The Labute approximate surface area is 85.5 Å². The van der Waals surface area contributed by atoms with Gasteiger partial charge in [-0.15, -0.1) is 0 Å². The molecule has 0 bridgehead atoms. The van der Waals surface area contributed by atoms with E-state index in [1.165, 1.54) is 0 Å². The third-order valence-corrected chi connectivity index (χ3v) is 1.65. The van der Waals surface area contributed by atoms with Crippen LogP contribution in [0.5, 0.6) is 0 Å². The second-order valence-electron chi connectivity index (χ2n) is 2.74. The van der Waals surface area contributed by atoms with Crippen LogP contribution in [0.15, 0.2) is 12.1 Å². The lowest BCUT2D eigenvalue weighted by Crippen LogP contribution is -2.14. The summed E-state index contributed by atoms with van der Waals surface area (Å²) in [6.45, 7) is 0. The molecule has 0 radical (unpaired) electrons. The highest BCUT2D eigenvalue weighted by molar-refractivity contribution is 5.87. The summed E-state index contributed by atoms with van der Waals surface area (Å²) in [5, 5.41) is 8.44. The van der Waals surface area contributed by atoms with Gasteiger partial charge in [0.05, 0.1) is 5.56 Å². The first-order valence-corrected chi connectivity index (χ1v) is 3.83. The zero-order valence-electron chi connectivity index (χ0n) is 7.42. The summed E-state index contributed by atoms with van der Waals surface area (Å²) in [5.74, 6) is -1.93. The maximum atomic E-state index is 12.2. The molecule has 0 atom stereocenters. The Hall–Kier alpha value is -1.73. The van der Waals surface area contributed by atoms with E-state index in [0.29, 0.717) is 12.1 Å². The van der Waals surface area contributed by atoms with E-state index in [0.717, 1.165) is 0 Å². The molecule has 1 rings (SSSR count). The first-order valence-electron chi connectivity index (χ1n) is 3.83. The van der Waals surface area contributed by atoms with Gasteiger partial charge in [0.1, 0.15) is 5.69 Å². The van der Waals surface area contributed by atoms with Crippen molar-refractivity contribution in [1.82, 2.24) is 4.98 Å². The van der Waals surface area contributed by atoms with Gasteiger partial charge in [-0.2, -0.15) is 13.2 Å². The Morgan fingerprint density at radius 2 is 1.88 bits per heavy atom. The number of hydrogen-bond acceptors (Lipinski definition) is 2. The molecule has 0 amide bonds. The number of hydrogen-bond donors (Lipinski definition) is 1. The zero-order valence-corrected chi connectivity index (χ0v) is 7.42. The van der Waals surface area contributed by atoms with E-state index in [-0.39, 0.29) is 0 Å². The minimum atomic E-state index is -4.87. The third-order valence-electron chi connectivity index (χ3n) is 1.65. The van der Waals surface area contributed by atoms with Crippen LogP contribution >= 0.6 is 0 Å². The lowest BCUT2D eigenvalue weighted by atomic mass is 10.1. The van der Waals surface area contributed by atoms with Crippen molar-refractivity contribution in [3.05, 3.63) is 29.1 Å². The quantitative estimate of drug-likeness (QED) is 0.810. The topological polar surface area (TPSA) is 50.2 Å². The number of carboxylic acid groups (broad SMARTS) is 1. The van der Waals surface area contributed by atoms with Crippen LogP contribution in [0, 0.1) is 0 Å². The number of rotatable bonds is 2. The first-order chi connectivity index (χ1) is 7.23. The van der Waals surface area contributed by atoms with Crippen LogP contribution in [0.1, 0.15) is 28.2 Å².